The molecule has 0 fully saturated rings. The van der Waals surface area contributed by atoms with Gasteiger partial charge in [0, 0.05) is 12.1 Å². The van der Waals surface area contributed by atoms with E-state index >= 15 is 0 Å². The predicted octanol–water partition coefficient (Wildman–Crippen LogP) is 3.29. The molecule has 1 aromatic carbocycles. The van der Waals surface area contributed by atoms with Gasteiger partial charge in [0.25, 0.3) is 6.43 Å². The van der Waals surface area contributed by atoms with Crippen LogP contribution in [0.5, 0.6) is 0 Å². The summed E-state index contributed by atoms with van der Waals surface area (Å²) in [7, 11) is 0. The van der Waals surface area contributed by atoms with Gasteiger partial charge in [-0.2, -0.15) is 18.3 Å². The molecule has 2 rings (SSSR count). The Balaban J connectivity index is 2.55. The highest BCUT2D eigenvalue weighted by atomic mass is 19.4. The van der Waals surface area contributed by atoms with Crippen molar-refractivity contribution in [2.75, 3.05) is 0 Å². The number of benzene rings is 1. The summed E-state index contributed by atoms with van der Waals surface area (Å²) in [5.41, 5.74) is 3.89. The van der Waals surface area contributed by atoms with E-state index in [-0.39, 0.29) is 17.8 Å². The molecular weight excluding hydrogens is 281 g/mol. The summed E-state index contributed by atoms with van der Waals surface area (Å²) in [6.45, 7) is -0.168. The Labute approximate surface area is 110 Å². The van der Waals surface area contributed by atoms with Crippen LogP contribution in [0.2, 0.25) is 0 Å². The van der Waals surface area contributed by atoms with Crippen LogP contribution in [0, 0.1) is 0 Å². The largest absolute Gasteiger partial charge is 0.416 e. The molecule has 0 bridgehead atoms. The lowest BCUT2D eigenvalue weighted by molar-refractivity contribution is -0.137. The molecule has 0 aliphatic heterocycles. The van der Waals surface area contributed by atoms with Crippen molar-refractivity contribution >= 4 is 0 Å². The molecule has 0 aliphatic rings. The first-order valence-electron chi connectivity index (χ1n) is 5.57. The van der Waals surface area contributed by atoms with Gasteiger partial charge in [-0.05, 0) is 18.2 Å². The Bertz CT molecular complexity index is 603. The third-order valence-corrected chi connectivity index (χ3v) is 2.73. The normalized spacial score (nSPS) is 12.2. The van der Waals surface area contributed by atoms with E-state index in [0.717, 1.165) is 29.1 Å². The Morgan fingerprint density at radius 3 is 2.50 bits per heavy atom. The summed E-state index contributed by atoms with van der Waals surface area (Å²) in [6.07, 6.45) is -6.31. The first-order chi connectivity index (χ1) is 9.34. The number of hydrogen-bond acceptors (Lipinski definition) is 2. The number of nitrogens with zero attached hydrogens (tertiary/aromatic N) is 2. The van der Waals surface area contributed by atoms with Crippen LogP contribution in [0.1, 0.15) is 23.2 Å². The van der Waals surface area contributed by atoms with Crippen molar-refractivity contribution in [3.05, 3.63) is 47.3 Å². The first-order valence-corrected chi connectivity index (χ1v) is 5.57. The fraction of sp³-hybridized carbons (Fsp3) is 0.250. The van der Waals surface area contributed by atoms with Gasteiger partial charge in [0.1, 0.15) is 5.69 Å². The summed E-state index contributed by atoms with van der Waals surface area (Å²) in [4.78, 5) is 0. The Morgan fingerprint density at radius 1 is 1.25 bits per heavy atom. The van der Waals surface area contributed by atoms with E-state index in [1.54, 1.807) is 0 Å². The SMILES string of the molecule is NCc1cnn(-c2cccc(C(F)(F)F)c2)c1C(F)F. The fourth-order valence-corrected chi connectivity index (χ4v) is 1.80. The zero-order valence-electron chi connectivity index (χ0n) is 10.0. The average molecular weight is 291 g/mol. The number of nitrogens with two attached hydrogens (primary N) is 1. The molecule has 0 saturated heterocycles. The summed E-state index contributed by atoms with van der Waals surface area (Å²) >= 11 is 0. The molecule has 0 unspecified atom stereocenters. The lowest BCUT2D eigenvalue weighted by Crippen LogP contribution is -2.09. The minimum absolute atomic E-state index is 0.0881. The molecule has 2 aromatic rings. The zero-order valence-corrected chi connectivity index (χ0v) is 10.0. The maximum atomic E-state index is 13.0. The fourth-order valence-electron chi connectivity index (χ4n) is 1.80. The molecule has 0 spiro atoms. The lowest BCUT2D eigenvalue weighted by Gasteiger charge is -2.11. The van der Waals surface area contributed by atoms with Crippen LogP contribution in [0.25, 0.3) is 5.69 Å². The number of halogens is 5. The monoisotopic (exact) mass is 291 g/mol. The molecule has 108 valence electrons. The highest BCUT2D eigenvalue weighted by Crippen LogP contribution is 2.31. The minimum Gasteiger partial charge on any atom is -0.326 e. The van der Waals surface area contributed by atoms with E-state index in [2.05, 4.69) is 5.10 Å². The molecule has 20 heavy (non-hydrogen) atoms. The topological polar surface area (TPSA) is 43.8 Å². The molecule has 1 heterocycles. The summed E-state index contributed by atoms with van der Waals surface area (Å²) < 4.78 is 64.6. The van der Waals surface area contributed by atoms with Gasteiger partial charge in [-0.3, -0.25) is 0 Å². The van der Waals surface area contributed by atoms with E-state index in [1.165, 1.54) is 6.07 Å². The standard InChI is InChI=1S/C12H10F5N3/c13-11(14)10-7(5-18)6-19-20(10)9-3-1-2-8(4-9)12(15,16)17/h1-4,6,11H,5,18H2. The molecular formula is C12H10F5N3. The van der Waals surface area contributed by atoms with Crippen molar-refractivity contribution in [3.8, 4) is 5.69 Å². The van der Waals surface area contributed by atoms with Crippen LogP contribution >= 0.6 is 0 Å². The predicted molar refractivity (Wildman–Crippen MR) is 61.4 cm³/mol. The van der Waals surface area contributed by atoms with Crippen molar-refractivity contribution in [2.24, 2.45) is 5.73 Å². The molecule has 2 N–H and O–H groups in total. The van der Waals surface area contributed by atoms with Crippen LogP contribution in [-0.4, -0.2) is 9.78 Å². The van der Waals surface area contributed by atoms with E-state index in [9.17, 15) is 22.0 Å². The Kier molecular flexibility index (Phi) is 3.76. The smallest absolute Gasteiger partial charge is 0.326 e. The van der Waals surface area contributed by atoms with E-state index in [1.807, 2.05) is 0 Å². The molecule has 8 heteroatoms. The van der Waals surface area contributed by atoms with Gasteiger partial charge in [0.2, 0.25) is 0 Å². The zero-order chi connectivity index (χ0) is 14.9. The summed E-state index contributed by atoms with van der Waals surface area (Å²) in [6, 6.07) is 4.03. The Hall–Kier alpha value is -1.96. The first kappa shape index (κ1) is 14.4. The molecule has 0 aliphatic carbocycles. The van der Waals surface area contributed by atoms with Crippen molar-refractivity contribution in [1.82, 2.24) is 9.78 Å². The highest BCUT2D eigenvalue weighted by Gasteiger charge is 2.31. The maximum absolute atomic E-state index is 13.0. The molecule has 0 saturated carbocycles. The maximum Gasteiger partial charge on any atom is 0.416 e. The average Bonchev–Trinajstić information content (AvgIpc) is 2.81. The second-order valence-electron chi connectivity index (χ2n) is 4.02. The number of aromatic nitrogens is 2. The van der Waals surface area contributed by atoms with Crippen LogP contribution < -0.4 is 5.73 Å². The quantitative estimate of drug-likeness (QED) is 0.882. The van der Waals surface area contributed by atoms with Gasteiger partial charge < -0.3 is 5.73 Å². The molecule has 1 aromatic heterocycles. The second-order valence-corrected chi connectivity index (χ2v) is 4.02. The van der Waals surface area contributed by atoms with Gasteiger partial charge in [-0.1, -0.05) is 6.07 Å². The van der Waals surface area contributed by atoms with Crippen LogP contribution in [0.3, 0.4) is 0 Å². The third-order valence-electron chi connectivity index (χ3n) is 2.73. The van der Waals surface area contributed by atoms with Crippen molar-refractivity contribution in [1.29, 1.82) is 0 Å². The second kappa shape index (κ2) is 5.20. The molecule has 3 nitrogen and oxygen atoms in total. The van der Waals surface area contributed by atoms with Crippen LogP contribution in [0.4, 0.5) is 22.0 Å². The van der Waals surface area contributed by atoms with Gasteiger partial charge >= 0.3 is 6.18 Å². The minimum atomic E-state index is -4.55. The van der Waals surface area contributed by atoms with E-state index in [0.29, 0.717) is 0 Å². The highest BCUT2D eigenvalue weighted by molar-refractivity contribution is 5.39. The van der Waals surface area contributed by atoms with Gasteiger partial charge in [0.05, 0.1) is 17.4 Å². The third kappa shape index (κ3) is 2.64. The van der Waals surface area contributed by atoms with Crippen molar-refractivity contribution in [2.45, 2.75) is 19.1 Å². The molecule has 0 radical (unpaired) electrons. The van der Waals surface area contributed by atoms with E-state index < -0.39 is 23.9 Å². The number of rotatable bonds is 3. The molecule has 0 atom stereocenters. The number of alkyl halides is 5. The van der Waals surface area contributed by atoms with Crippen molar-refractivity contribution < 1.29 is 22.0 Å². The summed E-state index contributed by atoms with van der Waals surface area (Å²) in [5.74, 6) is 0. The van der Waals surface area contributed by atoms with Gasteiger partial charge in [0.15, 0.2) is 0 Å². The van der Waals surface area contributed by atoms with Gasteiger partial charge in [-0.15, -0.1) is 0 Å². The van der Waals surface area contributed by atoms with Crippen LogP contribution in [0.15, 0.2) is 30.5 Å². The van der Waals surface area contributed by atoms with Crippen molar-refractivity contribution in [3.63, 3.8) is 0 Å². The summed E-state index contributed by atoms with van der Waals surface area (Å²) in [5, 5.41) is 3.69. The van der Waals surface area contributed by atoms with E-state index in [4.69, 9.17) is 5.73 Å². The molecule has 0 amide bonds. The van der Waals surface area contributed by atoms with Gasteiger partial charge in [-0.25, -0.2) is 13.5 Å². The Morgan fingerprint density at radius 2 is 1.95 bits per heavy atom. The number of hydrogen-bond donors (Lipinski definition) is 1. The van der Waals surface area contributed by atoms with Crippen LogP contribution in [-0.2, 0) is 12.7 Å². The lowest BCUT2D eigenvalue weighted by atomic mass is 10.2.